The number of nitrogens with one attached hydrogen (secondary N) is 2. The van der Waals surface area contributed by atoms with Gasteiger partial charge in [-0.15, -0.1) is 0 Å². The molecule has 0 atom stereocenters. The van der Waals surface area contributed by atoms with Crippen LogP contribution in [0.15, 0.2) is 29.1 Å². The summed E-state index contributed by atoms with van der Waals surface area (Å²) in [5, 5.41) is 7.23. The Hall–Kier alpha value is -2.21. The zero-order valence-corrected chi connectivity index (χ0v) is 14.2. The monoisotopic (exact) mass is 340 g/mol. The number of fused-ring (bicyclic) bond motifs is 1. The Balaban J connectivity index is 1.62. The number of pyridine rings is 1. The van der Waals surface area contributed by atoms with Gasteiger partial charge in [0.05, 0.1) is 5.56 Å². The van der Waals surface area contributed by atoms with Gasteiger partial charge in [-0.3, -0.25) is 4.79 Å². The van der Waals surface area contributed by atoms with E-state index in [-0.39, 0.29) is 11.9 Å². The van der Waals surface area contributed by atoms with Gasteiger partial charge in [0, 0.05) is 23.2 Å². The van der Waals surface area contributed by atoms with Crippen molar-refractivity contribution in [1.29, 1.82) is 0 Å². The zero-order valence-electron chi connectivity index (χ0n) is 13.4. The largest absolute Gasteiger partial charge is 0.349 e. The van der Waals surface area contributed by atoms with Gasteiger partial charge in [0.2, 0.25) is 0 Å². The van der Waals surface area contributed by atoms with Gasteiger partial charge < -0.3 is 10.3 Å². The first kappa shape index (κ1) is 15.3. The lowest BCUT2D eigenvalue weighted by molar-refractivity contribution is 0.0935. The molecular weight excluding hydrogens is 320 g/mol. The number of nitrogens with zero attached hydrogens (tertiary/aromatic N) is 2. The molecule has 124 valence electrons. The Morgan fingerprint density at radius 1 is 1.21 bits per heavy atom. The van der Waals surface area contributed by atoms with Gasteiger partial charge >= 0.3 is 0 Å². The summed E-state index contributed by atoms with van der Waals surface area (Å²) in [5.74, 6) is 0.714. The molecule has 5 nitrogen and oxygen atoms in total. The van der Waals surface area contributed by atoms with Crippen LogP contribution in [0.1, 0.15) is 48.9 Å². The third kappa shape index (κ3) is 3.06. The third-order valence-electron chi connectivity index (χ3n) is 4.61. The van der Waals surface area contributed by atoms with E-state index in [1.807, 2.05) is 16.8 Å². The minimum atomic E-state index is -0.0438. The van der Waals surface area contributed by atoms with Crippen molar-refractivity contribution in [2.24, 2.45) is 0 Å². The molecule has 24 heavy (non-hydrogen) atoms. The fourth-order valence-electron chi connectivity index (χ4n) is 3.32. The molecule has 0 bridgehead atoms. The number of aromatic amines is 1. The van der Waals surface area contributed by atoms with Crippen molar-refractivity contribution in [1.82, 2.24) is 20.3 Å². The summed E-state index contributed by atoms with van der Waals surface area (Å²) in [6.07, 6.45) is 8.74. The van der Waals surface area contributed by atoms with Crippen molar-refractivity contribution in [2.75, 3.05) is 0 Å². The van der Waals surface area contributed by atoms with E-state index in [4.69, 9.17) is 0 Å². The number of amides is 1. The van der Waals surface area contributed by atoms with Crippen LogP contribution in [0, 0.1) is 0 Å². The average Bonchev–Trinajstić information content (AvgIpc) is 3.20. The van der Waals surface area contributed by atoms with Crippen LogP contribution in [0.2, 0.25) is 0 Å². The second kappa shape index (κ2) is 6.73. The van der Waals surface area contributed by atoms with E-state index < -0.39 is 0 Å². The summed E-state index contributed by atoms with van der Waals surface area (Å²) in [6, 6.07) is 4.04. The maximum absolute atomic E-state index is 12.7. The molecule has 0 saturated heterocycles. The SMILES string of the molecule is O=C(NC1CCCCCC1)c1ccnc2[nH]c(-c3ccsc3)nc12. The maximum atomic E-state index is 12.7. The van der Waals surface area contributed by atoms with Crippen molar-refractivity contribution in [3.8, 4) is 11.4 Å². The quantitative estimate of drug-likeness (QED) is 0.704. The van der Waals surface area contributed by atoms with E-state index in [2.05, 4.69) is 20.3 Å². The van der Waals surface area contributed by atoms with Crippen LogP contribution in [0.3, 0.4) is 0 Å². The Kier molecular flexibility index (Phi) is 4.30. The highest BCUT2D eigenvalue weighted by Crippen LogP contribution is 2.24. The first-order chi connectivity index (χ1) is 11.8. The second-order valence-electron chi connectivity index (χ2n) is 6.32. The van der Waals surface area contributed by atoms with Crippen LogP contribution in [-0.2, 0) is 0 Å². The van der Waals surface area contributed by atoms with Crippen molar-refractivity contribution in [2.45, 2.75) is 44.6 Å². The van der Waals surface area contributed by atoms with Gasteiger partial charge in [0.15, 0.2) is 5.65 Å². The zero-order chi connectivity index (χ0) is 16.4. The number of hydrogen-bond donors (Lipinski definition) is 2. The fourth-order valence-corrected chi connectivity index (χ4v) is 3.96. The number of thiophene rings is 1. The van der Waals surface area contributed by atoms with Crippen LogP contribution in [0.5, 0.6) is 0 Å². The predicted octanol–water partition coefficient (Wildman–Crippen LogP) is 4.14. The molecule has 1 aliphatic rings. The first-order valence-electron chi connectivity index (χ1n) is 8.49. The lowest BCUT2D eigenvalue weighted by Crippen LogP contribution is -2.34. The standard InChI is InChI=1S/C18H20N4OS/c23-18(20-13-5-3-1-2-4-6-13)14-7-9-19-17-15(14)21-16(22-17)12-8-10-24-11-12/h7-11,13H,1-6H2,(H,20,23)(H,19,21,22). The van der Waals surface area contributed by atoms with Crippen molar-refractivity contribution in [3.63, 3.8) is 0 Å². The van der Waals surface area contributed by atoms with Gasteiger partial charge in [-0.05, 0) is 30.4 Å². The second-order valence-corrected chi connectivity index (χ2v) is 7.10. The molecule has 2 N–H and O–H groups in total. The highest BCUT2D eigenvalue weighted by atomic mass is 32.1. The van der Waals surface area contributed by atoms with Crippen LogP contribution in [0.4, 0.5) is 0 Å². The Morgan fingerprint density at radius 3 is 2.79 bits per heavy atom. The molecule has 1 amide bonds. The molecule has 0 aliphatic heterocycles. The highest BCUT2D eigenvalue weighted by molar-refractivity contribution is 7.08. The van der Waals surface area contributed by atoms with Gasteiger partial charge in [0.1, 0.15) is 11.3 Å². The molecule has 0 spiro atoms. The third-order valence-corrected chi connectivity index (χ3v) is 5.30. The summed E-state index contributed by atoms with van der Waals surface area (Å²) < 4.78 is 0. The lowest BCUT2D eigenvalue weighted by atomic mass is 10.1. The van der Waals surface area contributed by atoms with Gasteiger partial charge in [-0.25, -0.2) is 9.97 Å². The summed E-state index contributed by atoms with van der Waals surface area (Å²) in [4.78, 5) is 24.9. The molecule has 1 saturated carbocycles. The summed E-state index contributed by atoms with van der Waals surface area (Å²) in [7, 11) is 0. The number of hydrogen-bond acceptors (Lipinski definition) is 4. The van der Waals surface area contributed by atoms with Crippen LogP contribution < -0.4 is 5.32 Å². The molecule has 3 aromatic heterocycles. The van der Waals surface area contributed by atoms with Crippen LogP contribution in [0.25, 0.3) is 22.6 Å². The molecule has 3 aromatic rings. The van der Waals surface area contributed by atoms with Crippen LogP contribution in [-0.4, -0.2) is 26.9 Å². The smallest absolute Gasteiger partial charge is 0.253 e. The van der Waals surface area contributed by atoms with Crippen molar-refractivity contribution in [3.05, 3.63) is 34.7 Å². The molecule has 0 unspecified atom stereocenters. The van der Waals surface area contributed by atoms with Crippen molar-refractivity contribution < 1.29 is 4.79 Å². The summed E-state index contributed by atoms with van der Waals surface area (Å²) in [5.41, 5.74) is 2.92. The van der Waals surface area contributed by atoms with Gasteiger partial charge in [0.25, 0.3) is 5.91 Å². The van der Waals surface area contributed by atoms with E-state index in [9.17, 15) is 4.79 Å². The normalized spacial score (nSPS) is 16.2. The Bertz CT molecular complexity index is 832. The molecule has 1 aliphatic carbocycles. The van der Waals surface area contributed by atoms with E-state index >= 15 is 0 Å². The van der Waals surface area contributed by atoms with E-state index in [1.165, 1.54) is 25.7 Å². The maximum Gasteiger partial charge on any atom is 0.253 e. The van der Waals surface area contributed by atoms with Crippen molar-refractivity contribution >= 4 is 28.4 Å². The average molecular weight is 340 g/mol. The fraction of sp³-hybridized carbons (Fsp3) is 0.389. The molecule has 4 rings (SSSR count). The number of H-pyrrole nitrogens is 1. The molecule has 6 heteroatoms. The number of aromatic nitrogens is 3. The molecule has 0 radical (unpaired) electrons. The Labute approximate surface area is 144 Å². The molecule has 1 fully saturated rings. The van der Waals surface area contributed by atoms with Gasteiger partial charge in [-0.1, -0.05) is 25.7 Å². The van der Waals surface area contributed by atoms with E-state index in [1.54, 1.807) is 23.6 Å². The minimum Gasteiger partial charge on any atom is -0.349 e. The topological polar surface area (TPSA) is 70.7 Å². The van der Waals surface area contributed by atoms with Crippen LogP contribution >= 0.6 is 11.3 Å². The first-order valence-corrected chi connectivity index (χ1v) is 9.44. The number of carbonyl (C=O) groups is 1. The predicted molar refractivity (Wildman–Crippen MR) is 96.2 cm³/mol. The van der Waals surface area contributed by atoms with Gasteiger partial charge in [-0.2, -0.15) is 11.3 Å². The molecule has 0 aromatic carbocycles. The molecular formula is C18H20N4OS. The number of rotatable bonds is 3. The minimum absolute atomic E-state index is 0.0438. The van der Waals surface area contributed by atoms with E-state index in [0.29, 0.717) is 16.7 Å². The summed E-state index contributed by atoms with van der Waals surface area (Å²) in [6.45, 7) is 0. The number of carbonyl (C=O) groups excluding carboxylic acids is 1. The number of imidazole rings is 1. The molecule has 3 heterocycles. The summed E-state index contributed by atoms with van der Waals surface area (Å²) >= 11 is 1.62. The Morgan fingerprint density at radius 2 is 2.04 bits per heavy atom. The lowest BCUT2D eigenvalue weighted by Gasteiger charge is -2.16. The highest BCUT2D eigenvalue weighted by Gasteiger charge is 2.19. The van der Waals surface area contributed by atoms with E-state index in [0.717, 1.165) is 24.2 Å².